The van der Waals surface area contributed by atoms with Gasteiger partial charge >= 0.3 is 12.1 Å². The van der Waals surface area contributed by atoms with Crippen LogP contribution in [0.25, 0.3) is 0 Å². The van der Waals surface area contributed by atoms with E-state index in [0.29, 0.717) is 35.9 Å². The van der Waals surface area contributed by atoms with Gasteiger partial charge in [0, 0.05) is 23.2 Å². The number of carbonyl (C=O) groups excluding carboxylic acids is 1. The monoisotopic (exact) mass is 410 g/mol. The number of fused-ring (bicyclic) bond motifs is 5. The minimum Gasteiger partial charge on any atom is -0.455 e. The number of amides is 1. The summed E-state index contributed by atoms with van der Waals surface area (Å²) in [6.07, 6.45) is -4.15. The Bertz CT molecular complexity index is 932. The molecule has 1 saturated heterocycles. The maximum atomic E-state index is 12.7. The molecule has 8 heteroatoms. The molecule has 148 valence electrons. The van der Waals surface area contributed by atoms with E-state index in [1.165, 1.54) is 0 Å². The maximum absolute atomic E-state index is 12.7. The van der Waals surface area contributed by atoms with Crippen molar-refractivity contribution in [3.8, 4) is 11.5 Å². The third-order valence-corrected chi connectivity index (χ3v) is 5.50. The van der Waals surface area contributed by atoms with Crippen molar-refractivity contribution in [1.82, 2.24) is 5.32 Å². The van der Waals surface area contributed by atoms with Crippen LogP contribution in [0.2, 0.25) is 5.02 Å². The second-order valence-corrected chi connectivity index (χ2v) is 7.54. The van der Waals surface area contributed by atoms with Gasteiger partial charge in [-0.2, -0.15) is 13.2 Å². The summed E-state index contributed by atoms with van der Waals surface area (Å²) < 4.78 is 44.2. The summed E-state index contributed by atoms with van der Waals surface area (Å²) in [5.41, 5.74) is 2.70. The summed E-state index contributed by atoms with van der Waals surface area (Å²) in [5.74, 6) is -0.584. The van der Waals surface area contributed by atoms with E-state index in [1.807, 2.05) is 25.1 Å². The SMILES string of the molecule is Cc1cccc2c1[C@@H]1C[C@@H](NC(=O)C(F)(F)F)CCN1c1cc(Cl)ccc1O2. The smallest absolute Gasteiger partial charge is 0.455 e. The molecule has 0 radical (unpaired) electrons. The lowest BCUT2D eigenvalue weighted by Gasteiger charge is -2.41. The zero-order valence-corrected chi connectivity index (χ0v) is 15.8. The number of benzene rings is 2. The molecule has 0 bridgehead atoms. The highest BCUT2D eigenvalue weighted by atomic mass is 35.5. The van der Waals surface area contributed by atoms with Crippen molar-refractivity contribution < 1.29 is 22.7 Å². The fraction of sp³-hybridized carbons (Fsp3) is 0.350. The topological polar surface area (TPSA) is 41.6 Å². The van der Waals surface area contributed by atoms with Crippen molar-refractivity contribution in [1.29, 1.82) is 0 Å². The van der Waals surface area contributed by atoms with Crippen molar-refractivity contribution >= 4 is 23.2 Å². The number of rotatable bonds is 1. The van der Waals surface area contributed by atoms with Crippen LogP contribution >= 0.6 is 11.6 Å². The van der Waals surface area contributed by atoms with Crippen LogP contribution in [0.5, 0.6) is 11.5 Å². The van der Waals surface area contributed by atoms with Gasteiger partial charge in [-0.3, -0.25) is 4.79 Å². The molecule has 0 saturated carbocycles. The minimum absolute atomic E-state index is 0.233. The molecule has 2 atom stereocenters. The number of hydrogen-bond acceptors (Lipinski definition) is 3. The molecular formula is C20H18ClF3N2O2. The van der Waals surface area contributed by atoms with Crippen molar-refractivity contribution in [2.24, 2.45) is 0 Å². The lowest BCUT2D eigenvalue weighted by Crippen LogP contribution is -2.49. The Balaban J connectivity index is 1.73. The second kappa shape index (κ2) is 6.88. The Kier molecular flexibility index (Phi) is 4.65. The van der Waals surface area contributed by atoms with Crippen LogP contribution in [-0.2, 0) is 4.79 Å². The van der Waals surface area contributed by atoms with E-state index in [9.17, 15) is 18.0 Å². The number of ether oxygens (including phenoxy) is 1. The summed E-state index contributed by atoms with van der Waals surface area (Å²) in [6.45, 7) is 2.42. The minimum atomic E-state index is -4.89. The quantitative estimate of drug-likeness (QED) is 0.707. The molecule has 2 aromatic carbocycles. The van der Waals surface area contributed by atoms with Crippen LogP contribution in [0, 0.1) is 6.92 Å². The Hall–Kier alpha value is -2.41. The highest BCUT2D eigenvalue weighted by molar-refractivity contribution is 6.31. The summed E-state index contributed by atoms with van der Waals surface area (Å²) in [5, 5.41) is 2.69. The van der Waals surface area contributed by atoms with Crippen LogP contribution in [0.3, 0.4) is 0 Å². The van der Waals surface area contributed by atoms with Crippen molar-refractivity contribution in [2.45, 2.75) is 38.0 Å². The molecule has 28 heavy (non-hydrogen) atoms. The third kappa shape index (κ3) is 3.39. The predicted molar refractivity (Wildman–Crippen MR) is 100 cm³/mol. The fourth-order valence-corrected chi connectivity index (χ4v) is 4.18. The summed E-state index contributed by atoms with van der Waals surface area (Å²) in [7, 11) is 0. The van der Waals surface area contributed by atoms with E-state index < -0.39 is 18.1 Å². The Morgan fingerprint density at radius 1 is 1.25 bits per heavy atom. The van der Waals surface area contributed by atoms with E-state index in [4.69, 9.17) is 16.3 Å². The maximum Gasteiger partial charge on any atom is 0.471 e. The van der Waals surface area contributed by atoms with Crippen LogP contribution in [0.1, 0.15) is 30.0 Å². The van der Waals surface area contributed by atoms with E-state index in [2.05, 4.69) is 10.2 Å². The summed E-state index contributed by atoms with van der Waals surface area (Å²) in [6, 6.07) is 10.2. The first-order valence-corrected chi connectivity index (χ1v) is 9.33. The van der Waals surface area contributed by atoms with E-state index in [1.54, 1.807) is 18.2 Å². The molecule has 0 aromatic heterocycles. The van der Waals surface area contributed by atoms with Gasteiger partial charge in [0.1, 0.15) is 5.75 Å². The van der Waals surface area contributed by atoms with Gasteiger partial charge in [-0.1, -0.05) is 23.7 Å². The first kappa shape index (κ1) is 18.9. The average Bonchev–Trinajstić information content (AvgIpc) is 2.75. The van der Waals surface area contributed by atoms with Gasteiger partial charge in [-0.25, -0.2) is 0 Å². The molecule has 0 aliphatic carbocycles. The Morgan fingerprint density at radius 3 is 2.79 bits per heavy atom. The summed E-state index contributed by atoms with van der Waals surface area (Å²) in [4.78, 5) is 13.5. The van der Waals surface area contributed by atoms with Crippen LogP contribution in [0.15, 0.2) is 36.4 Å². The second-order valence-electron chi connectivity index (χ2n) is 7.10. The van der Waals surface area contributed by atoms with E-state index >= 15 is 0 Å². The standard InChI is InChI=1S/C20H18ClF3N2O2/c1-11-3-2-4-17-18(11)15-10-13(25-19(27)20(22,23)24)7-8-26(15)14-9-12(21)5-6-16(14)28-17/h2-6,9,13,15H,7-8,10H2,1H3,(H,25,27)/t13-,15-/m0/s1. The number of hydrogen-bond donors (Lipinski definition) is 1. The Morgan fingerprint density at radius 2 is 2.04 bits per heavy atom. The molecule has 0 spiro atoms. The fourth-order valence-electron chi connectivity index (χ4n) is 4.02. The van der Waals surface area contributed by atoms with Crippen LogP contribution < -0.4 is 15.0 Å². The molecule has 2 heterocycles. The van der Waals surface area contributed by atoms with Gasteiger partial charge in [0.2, 0.25) is 0 Å². The molecule has 1 N–H and O–H groups in total. The largest absolute Gasteiger partial charge is 0.471 e. The molecule has 1 fully saturated rings. The zero-order chi connectivity index (χ0) is 20.1. The van der Waals surface area contributed by atoms with Gasteiger partial charge in [0.05, 0.1) is 11.7 Å². The summed E-state index contributed by atoms with van der Waals surface area (Å²) >= 11 is 6.19. The molecule has 2 aromatic rings. The zero-order valence-electron chi connectivity index (χ0n) is 15.0. The number of aryl methyl sites for hydroxylation is 1. The van der Waals surface area contributed by atoms with E-state index in [0.717, 1.165) is 16.8 Å². The number of piperidine rings is 1. The van der Waals surface area contributed by atoms with Crippen LogP contribution in [-0.4, -0.2) is 24.7 Å². The van der Waals surface area contributed by atoms with Gasteiger partial charge in [0.25, 0.3) is 0 Å². The average molecular weight is 411 g/mol. The van der Waals surface area contributed by atoms with Gasteiger partial charge in [0.15, 0.2) is 5.75 Å². The number of nitrogens with zero attached hydrogens (tertiary/aromatic N) is 1. The first-order chi connectivity index (χ1) is 13.2. The van der Waals surface area contributed by atoms with Crippen molar-refractivity contribution in [3.63, 3.8) is 0 Å². The van der Waals surface area contributed by atoms with Gasteiger partial charge in [-0.15, -0.1) is 0 Å². The normalized spacial score (nSPS) is 21.0. The molecule has 4 rings (SSSR count). The number of anilines is 1. The highest BCUT2D eigenvalue weighted by Gasteiger charge is 2.42. The lowest BCUT2D eigenvalue weighted by molar-refractivity contribution is -0.174. The number of alkyl halides is 3. The van der Waals surface area contributed by atoms with E-state index in [-0.39, 0.29) is 6.04 Å². The molecule has 0 unspecified atom stereocenters. The predicted octanol–water partition coefficient (Wildman–Crippen LogP) is 5.14. The van der Waals surface area contributed by atoms with Crippen LogP contribution in [0.4, 0.5) is 18.9 Å². The molecule has 1 amide bonds. The van der Waals surface area contributed by atoms with Crippen molar-refractivity contribution in [3.05, 3.63) is 52.5 Å². The lowest BCUT2D eigenvalue weighted by atomic mass is 9.88. The first-order valence-electron chi connectivity index (χ1n) is 8.95. The number of halogens is 4. The number of nitrogens with one attached hydrogen (secondary N) is 1. The van der Waals surface area contributed by atoms with Gasteiger partial charge in [-0.05, 0) is 49.6 Å². The molecular weight excluding hydrogens is 393 g/mol. The molecule has 2 aliphatic rings. The number of carbonyl (C=O) groups is 1. The third-order valence-electron chi connectivity index (χ3n) is 5.26. The Labute approximate surface area is 165 Å². The van der Waals surface area contributed by atoms with Crippen molar-refractivity contribution in [2.75, 3.05) is 11.4 Å². The highest BCUT2D eigenvalue weighted by Crippen LogP contribution is 2.49. The van der Waals surface area contributed by atoms with Gasteiger partial charge < -0.3 is 15.0 Å². The molecule has 4 nitrogen and oxygen atoms in total. The molecule has 2 aliphatic heterocycles.